The highest BCUT2D eigenvalue weighted by Crippen LogP contribution is 2.43. The van der Waals surface area contributed by atoms with Crippen molar-refractivity contribution in [1.29, 1.82) is 0 Å². The lowest BCUT2D eigenvalue weighted by Gasteiger charge is -2.36. The average molecular weight is 672 g/mol. The normalized spacial score (nSPS) is 11.3. The number of unbranched alkanes of at least 4 members (excludes halogenated alkanes) is 1. The largest absolute Gasteiger partial charge is 0.478 e. The Labute approximate surface area is 296 Å². The summed E-state index contributed by atoms with van der Waals surface area (Å²) < 4.78 is 1.95. The van der Waals surface area contributed by atoms with E-state index in [1.54, 1.807) is 0 Å². The minimum atomic E-state index is -1.02. The molecule has 252 valence electrons. The van der Waals surface area contributed by atoms with Gasteiger partial charge in [-0.15, -0.1) is 10.2 Å². The van der Waals surface area contributed by atoms with Crippen LogP contribution in [0.4, 0.5) is 5.82 Å². The molecule has 0 saturated carbocycles. The standard InChI is InChI=1S/C42H37N7O2/c1-2-3-29-48(39-38(41(50)51)27-28-43-44-39)30-31-23-25-32(26-24-31)36-21-13-14-22-37(36)40-45-46-47-49(40)42(33-15-7-4-8-16-33,34-17-9-5-10-18-34)35-19-11-6-12-20-35/h4-28H,2-3,29-30H2,1H3,(H,50,51). The molecule has 7 aromatic rings. The molecule has 9 nitrogen and oxygen atoms in total. The van der Waals surface area contributed by atoms with E-state index in [9.17, 15) is 9.90 Å². The highest BCUT2D eigenvalue weighted by atomic mass is 16.4. The van der Waals surface area contributed by atoms with Crippen molar-refractivity contribution in [3.8, 4) is 22.5 Å². The molecule has 0 aliphatic heterocycles. The van der Waals surface area contributed by atoms with Crippen LogP contribution in [-0.4, -0.2) is 48.0 Å². The SMILES string of the molecule is CCCCN(Cc1ccc(-c2ccccc2-c2nnnn2C(c2ccccc2)(c2ccccc2)c2ccccc2)cc1)c1nnccc1C(=O)O. The van der Waals surface area contributed by atoms with Crippen LogP contribution in [0.1, 0.15) is 52.4 Å². The molecule has 2 aromatic heterocycles. The number of hydrogen-bond acceptors (Lipinski definition) is 7. The van der Waals surface area contributed by atoms with Gasteiger partial charge in [0.1, 0.15) is 11.1 Å². The monoisotopic (exact) mass is 671 g/mol. The van der Waals surface area contributed by atoms with E-state index in [0.29, 0.717) is 24.7 Å². The molecule has 0 bridgehead atoms. The fourth-order valence-electron chi connectivity index (χ4n) is 6.76. The second-order valence-corrected chi connectivity index (χ2v) is 12.3. The number of carboxylic acids is 1. The zero-order chi connectivity index (χ0) is 35.0. The Hall–Kier alpha value is -6.48. The Morgan fingerprint density at radius 1 is 0.706 bits per heavy atom. The molecule has 51 heavy (non-hydrogen) atoms. The Morgan fingerprint density at radius 3 is 1.84 bits per heavy atom. The fourth-order valence-corrected chi connectivity index (χ4v) is 6.76. The summed E-state index contributed by atoms with van der Waals surface area (Å²) in [5.41, 5.74) is 6.23. The fraction of sp³-hybridized carbons (Fsp3) is 0.143. The lowest BCUT2D eigenvalue weighted by Crippen LogP contribution is -2.39. The summed E-state index contributed by atoms with van der Waals surface area (Å²) in [7, 11) is 0. The Balaban J connectivity index is 1.31. The van der Waals surface area contributed by atoms with Crippen molar-refractivity contribution in [3.05, 3.63) is 180 Å². The van der Waals surface area contributed by atoms with Crippen LogP contribution in [0.25, 0.3) is 22.5 Å². The summed E-state index contributed by atoms with van der Waals surface area (Å²) in [6.07, 6.45) is 3.28. The van der Waals surface area contributed by atoms with Crippen molar-refractivity contribution in [2.24, 2.45) is 0 Å². The second-order valence-electron chi connectivity index (χ2n) is 12.3. The molecule has 0 spiro atoms. The molecular weight excluding hydrogens is 635 g/mol. The van der Waals surface area contributed by atoms with Gasteiger partial charge < -0.3 is 10.0 Å². The highest BCUT2D eigenvalue weighted by Gasteiger charge is 2.42. The molecular formula is C42H37N7O2. The van der Waals surface area contributed by atoms with Gasteiger partial charge in [-0.2, -0.15) is 5.10 Å². The number of tetrazole rings is 1. The smallest absolute Gasteiger partial charge is 0.339 e. The van der Waals surface area contributed by atoms with Gasteiger partial charge in [0.25, 0.3) is 0 Å². The Bertz CT molecular complexity index is 2110. The Morgan fingerprint density at radius 2 is 1.27 bits per heavy atom. The topological polar surface area (TPSA) is 110 Å². The molecule has 0 atom stereocenters. The summed E-state index contributed by atoms with van der Waals surface area (Å²) >= 11 is 0. The molecule has 0 amide bonds. The van der Waals surface area contributed by atoms with Crippen LogP contribution in [0.3, 0.4) is 0 Å². The third-order valence-corrected chi connectivity index (χ3v) is 9.18. The van der Waals surface area contributed by atoms with E-state index < -0.39 is 11.5 Å². The summed E-state index contributed by atoms with van der Waals surface area (Å²) in [6.45, 7) is 3.26. The van der Waals surface area contributed by atoms with E-state index in [1.165, 1.54) is 12.3 Å². The maximum Gasteiger partial charge on any atom is 0.339 e. The summed E-state index contributed by atoms with van der Waals surface area (Å²) in [6, 6.07) is 49.1. The van der Waals surface area contributed by atoms with Gasteiger partial charge in [0.2, 0.25) is 0 Å². The molecule has 0 radical (unpaired) electrons. The minimum Gasteiger partial charge on any atom is -0.478 e. The first kappa shape index (κ1) is 33.0. The highest BCUT2D eigenvalue weighted by molar-refractivity contribution is 5.93. The number of anilines is 1. The van der Waals surface area contributed by atoms with E-state index in [1.807, 2.05) is 76.3 Å². The molecule has 0 aliphatic carbocycles. The average Bonchev–Trinajstić information content (AvgIpc) is 3.68. The van der Waals surface area contributed by atoms with Crippen LogP contribution in [0.15, 0.2) is 152 Å². The van der Waals surface area contributed by atoms with Crippen molar-refractivity contribution < 1.29 is 9.90 Å². The van der Waals surface area contributed by atoms with Gasteiger partial charge >= 0.3 is 5.97 Å². The molecule has 2 heterocycles. The molecule has 0 unspecified atom stereocenters. The first-order chi connectivity index (χ1) is 25.1. The number of carbonyl (C=O) groups is 1. The number of aromatic carboxylic acids is 1. The number of nitrogens with zero attached hydrogens (tertiary/aromatic N) is 7. The van der Waals surface area contributed by atoms with Crippen LogP contribution < -0.4 is 4.90 Å². The molecule has 0 saturated heterocycles. The number of rotatable bonds is 13. The van der Waals surface area contributed by atoms with E-state index in [4.69, 9.17) is 10.3 Å². The van der Waals surface area contributed by atoms with Gasteiger partial charge in [0.15, 0.2) is 11.6 Å². The van der Waals surface area contributed by atoms with Gasteiger partial charge in [-0.25, -0.2) is 9.48 Å². The third kappa shape index (κ3) is 6.49. The molecule has 0 fully saturated rings. The summed E-state index contributed by atoms with van der Waals surface area (Å²) in [5, 5.41) is 31.8. The lowest BCUT2D eigenvalue weighted by atomic mass is 9.77. The van der Waals surface area contributed by atoms with Crippen molar-refractivity contribution in [1.82, 2.24) is 30.4 Å². The molecule has 1 N–H and O–H groups in total. The number of hydrogen-bond donors (Lipinski definition) is 1. The van der Waals surface area contributed by atoms with Gasteiger partial charge in [0, 0.05) is 18.7 Å². The van der Waals surface area contributed by atoms with E-state index in [0.717, 1.165) is 51.8 Å². The van der Waals surface area contributed by atoms with Gasteiger partial charge in [-0.05, 0) is 56.3 Å². The lowest BCUT2D eigenvalue weighted by molar-refractivity contribution is 0.0697. The van der Waals surface area contributed by atoms with Crippen LogP contribution in [0.5, 0.6) is 0 Å². The first-order valence-electron chi connectivity index (χ1n) is 17.0. The number of carboxylic acid groups (broad SMARTS) is 1. The van der Waals surface area contributed by atoms with E-state index in [-0.39, 0.29) is 5.56 Å². The maximum absolute atomic E-state index is 12.0. The van der Waals surface area contributed by atoms with E-state index in [2.05, 4.69) is 95.1 Å². The van der Waals surface area contributed by atoms with Crippen molar-refractivity contribution in [3.63, 3.8) is 0 Å². The van der Waals surface area contributed by atoms with E-state index >= 15 is 0 Å². The van der Waals surface area contributed by atoms with Crippen molar-refractivity contribution in [2.75, 3.05) is 11.4 Å². The van der Waals surface area contributed by atoms with Gasteiger partial charge in [-0.3, -0.25) is 0 Å². The van der Waals surface area contributed by atoms with Crippen molar-refractivity contribution >= 4 is 11.8 Å². The van der Waals surface area contributed by atoms with Crippen LogP contribution in [0, 0.1) is 0 Å². The quantitative estimate of drug-likeness (QED) is 0.122. The van der Waals surface area contributed by atoms with Gasteiger partial charge in [0.05, 0.1) is 6.20 Å². The predicted molar refractivity (Wildman–Crippen MR) is 198 cm³/mol. The van der Waals surface area contributed by atoms with Crippen molar-refractivity contribution in [2.45, 2.75) is 31.8 Å². The van der Waals surface area contributed by atoms with Crippen LogP contribution in [0.2, 0.25) is 0 Å². The second kappa shape index (κ2) is 15.0. The zero-order valence-electron chi connectivity index (χ0n) is 28.2. The molecule has 9 heteroatoms. The number of benzene rings is 5. The molecule has 0 aliphatic rings. The third-order valence-electron chi connectivity index (χ3n) is 9.18. The summed E-state index contributed by atoms with van der Waals surface area (Å²) in [4.78, 5) is 14.0. The summed E-state index contributed by atoms with van der Waals surface area (Å²) in [5.74, 6) is -0.0224. The Kier molecular flexibility index (Phi) is 9.69. The first-order valence-corrected chi connectivity index (χ1v) is 17.0. The minimum absolute atomic E-state index is 0.141. The van der Waals surface area contributed by atoms with Crippen LogP contribution in [-0.2, 0) is 12.1 Å². The van der Waals surface area contributed by atoms with Crippen LogP contribution >= 0.6 is 0 Å². The zero-order valence-corrected chi connectivity index (χ0v) is 28.2. The molecule has 5 aromatic carbocycles. The van der Waals surface area contributed by atoms with Gasteiger partial charge in [-0.1, -0.05) is 153 Å². The maximum atomic E-state index is 12.0. The predicted octanol–water partition coefficient (Wildman–Crippen LogP) is 8.14. The number of aromatic nitrogens is 6. The molecule has 7 rings (SSSR count).